The van der Waals surface area contributed by atoms with Crippen LogP contribution in [0.25, 0.3) is 0 Å². The van der Waals surface area contributed by atoms with Crippen molar-refractivity contribution >= 4 is 27.5 Å². The van der Waals surface area contributed by atoms with Gasteiger partial charge in [-0.15, -0.1) is 0 Å². The third kappa shape index (κ3) is 4.52. The van der Waals surface area contributed by atoms with E-state index >= 15 is 0 Å². The van der Waals surface area contributed by atoms with Crippen LogP contribution < -0.4 is 5.32 Å². The van der Waals surface area contributed by atoms with Crippen LogP contribution in [0.1, 0.15) is 5.56 Å². The fourth-order valence-corrected chi connectivity index (χ4v) is 2.56. The molecule has 0 aromatic heterocycles. The number of rotatable bonds is 5. The normalized spacial score (nSPS) is 17.0. The first-order valence-corrected chi connectivity index (χ1v) is 7.37. The van der Waals surface area contributed by atoms with Gasteiger partial charge in [-0.25, -0.2) is 0 Å². The van der Waals surface area contributed by atoms with Gasteiger partial charge in [-0.1, -0.05) is 27.5 Å². The summed E-state index contributed by atoms with van der Waals surface area (Å²) in [7, 11) is 0. The van der Waals surface area contributed by atoms with Crippen LogP contribution in [0.4, 0.5) is 0 Å². The highest BCUT2D eigenvalue weighted by Gasteiger charge is 2.09. The molecule has 3 nitrogen and oxygen atoms in total. The van der Waals surface area contributed by atoms with Crippen LogP contribution in [0.2, 0.25) is 5.02 Å². The van der Waals surface area contributed by atoms with Crippen molar-refractivity contribution in [3.8, 4) is 0 Å². The molecule has 2 rings (SSSR count). The highest BCUT2D eigenvalue weighted by Crippen LogP contribution is 2.20. The fourth-order valence-electron chi connectivity index (χ4n) is 1.96. The number of morpholine rings is 1. The molecule has 0 bridgehead atoms. The summed E-state index contributed by atoms with van der Waals surface area (Å²) >= 11 is 9.60. The zero-order chi connectivity index (χ0) is 12.8. The number of hydrogen-bond donors (Lipinski definition) is 1. The summed E-state index contributed by atoms with van der Waals surface area (Å²) in [6.07, 6.45) is 0. The molecular weight excluding hydrogens is 316 g/mol. The Kier molecular flexibility index (Phi) is 5.92. The van der Waals surface area contributed by atoms with Crippen LogP contribution in [-0.4, -0.2) is 44.3 Å². The summed E-state index contributed by atoms with van der Waals surface area (Å²) in [5, 5.41) is 4.25. The number of nitrogens with one attached hydrogen (secondary N) is 1. The second kappa shape index (κ2) is 7.46. The van der Waals surface area contributed by atoms with Crippen molar-refractivity contribution < 1.29 is 4.74 Å². The van der Waals surface area contributed by atoms with E-state index in [1.165, 1.54) is 0 Å². The molecule has 0 spiro atoms. The number of hydrogen-bond acceptors (Lipinski definition) is 3. The first-order valence-electron chi connectivity index (χ1n) is 6.20. The average molecular weight is 334 g/mol. The van der Waals surface area contributed by atoms with E-state index in [9.17, 15) is 0 Å². The molecule has 0 atom stereocenters. The van der Waals surface area contributed by atoms with Gasteiger partial charge >= 0.3 is 0 Å². The lowest BCUT2D eigenvalue weighted by atomic mass is 10.2. The first-order chi connectivity index (χ1) is 8.75. The summed E-state index contributed by atoms with van der Waals surface area (Å²) in [5.41, 5.74) is 1.13. The quantitative estimate of drug-likeness (QED) is 0.838. The summed E-state index contributed by atoms with van der Waals surface area (Å²) in [6, 6.07) is 5.94. The van der Waals surface area contributed by atoms with Gasteiger partial charge in [0.15, 0.2) is 0 Å². The van der Waals surface area contributed by atoms with Crippen LogP contribution in [0.5, 0.6) is 0 Å². The van der Waals surface area contributed by atoms with Crippen LogP contribution in [0.3, 0.4) is 0 Å². The minimum Gasteiger partial charge on any atom is -0.379 e. The zero-order valence-corrected chi connectivity index (χ0v) is 12.6. The van der Waals surface area contributed by atoms with Gasteiger partial charge < -0.3 is 10.1 Å². The van der Waals surface area contributed by atoms with Crippen LogP contribution in [0.15, 0.2) is 22.7 Å². The minimum atomic E-state index is 0.808. The molecular formula is C13H18BrClN2O. The van der Waals surface area contributed by atoms with Gasteiger partial charge in [-0.2, -0.15) is 0 Å². The van der Waals surface area contributed by atoms with Gasteiger partial charge in [-0.05, 0) is 23.8 Å². The van der Waals surface area contributed by atoms with Crippen molar-refractivity contribution in [2.24, 2.45) is 0 Å². The highest BCUT2D eigenvalue weighted by molar-refractivity contribution is 9.10. The van der Waals surface area contributed by atoms with Crippen molar-refractivity contribution in [2.45, 2.75) is 6.54 Å². The van der Waals surface area contributed by atoms with Gasteiger partial charge in [0.25, 0.3) is 0 Å². The van der Waals surface area contributed by atoms with Crippen molar-refractivity contribution in [2.75, 3.05) is 39.4 Å². The van der Waals surface area contributed by atoms with Gasteiger partial charge in [0.2, 0.25) is 0 Å². The maximum Gasteiger partial charge on any atom is 0.0594 e. The third-order valence-electron chi connectivity index (χ3n) is 3.03. The second-order valence-corrected chi connectivity index (χ2v) is 5.69. The van der Waals surface area contributed by atoms with Crippen LogP contribution in [-0.2, 0) is 11.3 Å². The fraction of sp³-hybridized carbons (Fsp3) is 0.538. The van der Waals surface area contributed by atoms with E-state index in [4.69, 9.17) is 16.3 Å². The predicted molar refractivity (Wildman–Crippen MR) is 78.1 cm³/mol. The van der Waals surface area contributed by atoms with Crippen molar-refractivity contribution in [3.05, 3.63) is 33.3 Å². The molecule has 100 valence electrons. The molecule has 0 amide bonds. The molecule has 1 N–H and O–H groups in total. The summed E-state index contributed by atoms with van der Waals surface area (Å²) < 4.78 is 6.39. The summed E-state index contributed by atoms with van der Waals surface area (Å²) in [4.78, 5) is 2.42. The maximum absolute atomic E-state index is 6.14. The molecule has 5 heteroatoms. The molecule has 1 saturated heterocycles. The Morgan fingerprint density at radius 2 is 2.11 bits per heavy atom. The Morgan fingerprint density at radius 3 is 2.89 bits per heavy atom. The summed E-state index contributed by atoms with van der Waals surface area (Å²) in [5.74, 6) is 0. The largest absolute Gasteiger partial charge is 0.379 e. The van der Waals surface area contributed by atoms with E-state index in [1.807, 2.05) is 12.1 Å². The molecule has 0 radical (unpaired) electrons. The SMILES string of the molecule is Clc1ccc(Br)cc1CNCCN1CCOCC1. The highest BCUT2D eigenvalue weighted by atomic mass is 79.9. The van der Waals surface area contributed by atoms with E-state index in [2.05, 4.69) is 32.2 Å². The predicted octanol–water partition coefficient (Wildman–Crippen LogP) is 2.52. The van der Waals surface area contributed by atoms with Gasteiger partial charge in [0.05, 0.1) is 13.2 Å². The Bertz CT molecular complexity index is 383. The molecule has 0 saturated carbocycles. The standard InChI is InChI=1S/C13H18BrClN2O/c14-12-1-2-13(15)11(9-12)10-16-3-4-17-5-7-18-8-6-17/h1-2,9,16H,3-8,10H2. The lowest BCUT2D eigenvalue weighted by Gasteiger charge is -2.26. The van der Waals surface area contributed by atoms with Crippen molar-refractivity contribution in [3.63, 3.8) is 0 Å². The second-order valence-electron chi connectivity index (χ2n) is 4.37. The number of halogens is 2. The number of ether oxygens (including phenoxy) is 1. The van der Waals surface area contributed by atoms with E-state index in [-0.39, 0.29) is 0 Å². The van der Waals surface area contributed by atoms with E-state index in [0.29, 0.717) is 0 Å². The number of nitrogens with zero attached hydrogens (tertiary/aromatic N) is 1. The lowest BCUT2D eigenvalue weighted by molar-refractivity contribution is 0.0384. The molecule has 0 unspecified atom stereocenters. The van der Waals surface area contributed by atoms with Gasteiger partial charge in [0, 0.05) is 42.2 Å². The van der Waals surface area contributed by atoms with Crippen molar-refractivity contribution in [1.82, 2.24) is 10.2 Å². The first kappa shape index (κ1) is 14.3. The molecule has 0 aliphatic carbocycles. The van der Waals surface area contributed by atoms with Gasteiger partial charge in [-0.3, -0.25) is 4.90 Å². The Morgan fingerprint density at radius 1 is 1.33 bits per heavy atom. The Hall–Kier alpha value is -0.130. The van der Waals surface area contributed by atoms with Crippen LogP contribution >= 0.6 is 27.5 Å². The van der Waals surface area contributed by atoms with Crippen molar-refractivity contribution in [1.29, 1.82) is 0 Å². The maximum atomic E-state index is 6.14. The molecule has 1 aromatic rings. The summed E-state index contributed by atoms with van der Waals surface area (Å²) in [6.45, 7) is 6.65. The third-order valence-corrected chi connectivity index (χ3v) is 3.89. The Balaban J connectivity index is 1.69. The average Bonchev–Trinajstić information content (AvgIpc) is 2.40. The van der Waals surface area contributed by atoms with E-state index in [0.717, 1.165) is 61.0 Å². The lowest BCUT2D eigenvalue weighted by Crippen LogP contribution is -2.40. The minimum absolute atomic E-state index is 0.808. The Labute approximate surface area is 122 Å². The molecule has 1 aliphatic heterocycles. The molecule has 18 heavy (non-hydrogen) atoms. The zero-order valence-electron chi connectivity index (χ0n) is 10.3. The topological polar surface area (TPSA) is 24.5 Å². The molecule has 1 heterocycles. The molecule has 1 aromatic carbocycles. The molecule has 1 aliphatic rings. The smallest absolute Gasteiger partial charge is 0.0594 e. The number of benzene rings is 1. The van der Waals surface area contributed by atoms with E-state index < -0.39 is 0 Å². The van der Waals surface area contributed by atoms with E-state index in [1.54, 1.807) is 0 Å². The van der Waals surface area contributed by atoms with Crippen LogP contribution in [0, 0.1) is 0 Å². The van der Waals surface area contributed by atoms with Gasteiger partial charge in [0.1, 0.15) is 0 Å². The monoisotopic (exact) mass is 332 g/mol. The molecule has 1 fully saturated rings.